The van der Waals surface area contributed by atoms with Gasteiger partial charge in [0.05, 0.1) is 11.0 Å². The van der Waals surface area contributed by atoms with Gasteiger partial charge in [0.25, 0.3) is 11.6 Å². The van der Waals surface area contributed by atoms with Gasteiger partial charge in [-0.15, -0.1) is 0 Å². The van der Waals surface area contributed by atoms with Crippen molar-refractivity contribution in [3.63, 3.8) is 0 Å². The number of carbonyl (C=O) groups is 1. The average Bonchev–Trinajstić information content (AvgIpc) is 2.22. The summed E-state index contributed by atoms with van der Waals surface area (Å²) in [6, 6.07) is 3.96. The van der Waals surface area contributed by atoms with E-state index in [1.54, 1.807) is 0 Å². The van der Waals surface area contributed by atoms with Crippen LogP contribution >= 0.6 is 11.6 Å². The molecule has 1 saturated heterocycles. The van der Waals surface area contributed by atoms with Crippen LogP contribution in [0.5, 0.6) is 0 Å². The Kier molecular flexibility index (Phi) is 3.26. The summed E-state index contributed by atoms with van der Waals surface area (Å²) in [4.78, 5) is 22.0. The fourth-order valence-corrected chi connectivity index (χ4v) is 1.68. The molecule has 7 heteroatoms. The first kappa shape index (κ1) is 11.8. The van der Waals surface area contributed by atoms with Gasteiger partial charge in [0.2, 0.25) is 0 Å². The van der Waals surface area contributed by atoms with Gasteiger partial charge in [0.15, 0.2) is 0 Å². The summed E-state index contributed by atoms with van der Waals surface area (Å²) >= 11 is 5.74. The largest absolute Gasteiger partial charge is 0.347 e. The molecule has 2 rings (SSSR count). The van der Waals surface area contributed by atoms with E-state index in [2.05, 4.69) is 10.6 Å². The minimum atomic E-state index is -0.593. The molecule has 1 heterocycles. The van der Waals surface area contributed by atoms with Crippen LogP contribution < -0.4 is 10.6 Å². The lowest BCUT2D eigenvalue weighted by molar-refractivity contribution is -0.385. The Hall–Kier alpha value is -1.66. The summed E-state index contributed by atoms with van der Waals surface area (Å²) in [5, 5.41) is 16.8. The first-order chi connectivity index (χ1) is 8.08. The molecule has 0 bridgehead atoms. The maximum absolute atomic E-state index is 11.8. The summed E-state index contributed by atoms with van der Waals surface area (Å²) in [5.74, 6) is -0.467. The van der Waals surface area contributed by atoms with E-state index in [0.717, 1.165) is 0 Å². The van der Waals surface area contributed by atoms with Crippen LogP contribution in [0.2, 0.25) is 5.02 Å². The highest BCUT2D eigenvalue weighted by atomic mass is 35.5. The molecule has 0 spiro atoms. The van der Waals surface area contributed by atoms with Crippen molar-refractivity contribution in [2.45, 2.75) is 6.04 Å². The third kappa shape index (κ3) is 2.54. The Morgan fingerprint density at radius 3 is 2.76 bits per heavy atom. The zero-order chi connectivity index (χ0) is 12.4. The molecule has 1 aliphatic heterocycles. The molecule has 1 fully saturated rings. The summed E-state index contributed by atoms with van der Waals surface area (Å²) in [6.07, 6.45) is 0. The number of nitro groups is 1. The number of nitro benzene ring substituents is 1. The maximum Gasteiger partial charge on any atom is 0.282 e. The number of hydrogen-bond donors (Lipinski definition) is 2. The second-order valence-corrected chi connectivity index (χ2v) is 4.18. The molecule has 2 N–H and O–H groups in total. The van der Waals surface area contributed by atoms with Crippen LogP contribution in [0, 0.1) is 10.1 Å². The maximum atomic E-state index is 11.8. The van der Waals surface area contributed by atoms with Crippen LogP contribution in [-0.4, -0.2) is 30.0 Å². The number of rotatable bonds is 3. The summed E-state index contributed by atoms with van der Waals surface area (Å²) in [5.41, 5.74) is -0.242. The van der Waals surface area contributed by atoms with Crippen LogP contribution in [0.4, 0.5) is 5.69 Å². The molecular formula is C10H10ClN3O3. The molecule has 0 radical (unpaired) electrons. The molecule has 0 aliphatic carbocycles. The topological polar surface area (TPSA) is 84.3 Å². The molecule has 0 aromatic heterocycles. The molecule has 1 aromatic carbocycles. The van der Waals surface area contributed by atoms with Crippen molar-refractivity contribution in [1.82, 2.24) is 10.6 Å². The number of amides is 1. The average molecular weight is 256 g/mol. The van der Waals surface area contributed by atoms with Gasteiger partial charge in [0.1, 0.15) is 5.56 Å². The SMILES string of the molecule is O=C(NC1CNC1)c1cc(Cl)ccc1[N+](=O)[O-]. The van der Waals surface area contributed by atoms with Gasteiger partial charge in [-0.1, -0.05) is 11.6 Å². The highest BCUT2D eigenvalue weighted by molar-refractivity contribution is 6.31. The lowest BCUT2D eigenvalue weighted by Gasteiger charge is -2.27. The Morgan fingerprint density at radius 2 is 2.24 bits per heavy atom. The number of carbonyl (C=O) groups excluding carboxylic acids is 1. The monoisotopic (exact) mass is 255 g/mol. The van der Waals surface area contributed by atoms with E-state index in [4.69, 9.17) is 11.6 Å². The number of nitrogens with zero attached hydrogens (tertiary/aromatic N) is 1. The van der Waals surface area contributed by atoms with Crippen molar-refractivity contribution in [3.05, 3.63) is 38.9 Å². The minimum Gasteiger partial charge on any atom is -0.347 e. The normalized spacial score (nSPS) is 15.1. The van der Waals surface area contributed by atoms with Gasteiger partial charge in [0, 0.05) is 24.2 Å². The van der Waals surface area contributed by atoms with Gasteiger partial charge in [-0.25, -0.2) is 0 Å². The third-order valence-corrected chi connectivity index (χ3v) is 2.75. The van der Waals surface area contributed by atoms with Gasteiger partial charge in [-0.05, 0) is 12.1 Å². The molecule has 17 heavy (non-hydrogen) atoms. The van der Waals surface area contributed by atoms with E-state index in [-0.39, 0.29) is 17.3 Å². The second-order valence-electron chi connectivity index (χ2n) is 3.75. The molecule has 1 aromatic rings. The summed E-state index contributed by atoms with van der Waals surface area (Å²) in [7, 11) is 0. The molecular weight excluding hydrogens is 246 g/mol. The van der Waals surface area contributed by atoms with E-state index in [1.165, 1.54) is 18.2 Å². The third-order valence-electron chi connectivity index (χ3n) is 2.52. The van der Waals surface area contributed by atoms with Crippen molar-refractivity contribution in [2.24, 2.45) is 0 Å². The highest BCUT2D eigenvalue weighted by Gasteiger charge is 2.24. The van der Waals surface area contributed by atoms with E-state index in [1.807, 2.05) is 0 Å². The van der Waals surface area contributed by atoms with Crippen LogP contribution in [0.15, 0.2) is 18.2 Å². The lowest BCUT2D eigenvalue weighted by Crippen LogP contribution is -2.56. The van der Waals surface area contributed by atoms with Crippen molar-refractivity contribution in [2.75, 3.05) is 13.1 Å². The molecule has 0 saturated carbocycles. The Morgan fingerprint density at radius 1 is 1.53 bits per heavy atom. The lowest BCUT2D eigenvalue weighted by atomic mass is 10.1. The predicted molar refractivity (Wildman–Crippen MR) is 62.2 cm³/mol. The van der Waals surface area contributed by atoms with Gasteiger partial charge in [-0.3, -0.25) is 14.9 Å². The van der Waals surface area contributed by atoms with E-state index in [9.17, 15) is 14.9 Å². The molecule has 1 aliphatic rings. The van der Waals surface area contributed by atoms with Crippen LogP contribution in [-0.2, 0) is 0 Å². The second kappa shape index (κ2) is 4.68. The van der Waals surface area contributed by atoms with Crippen LogP contribution in [0.25, 0.3) is 0 Å². The van der Waals surface area contributed by atoms with Gasteiger partial charge < -0.3 is 10.6 Å². The van der Waals surface area contributed by atoms with Crippen LogP contribution in [0.1, 0.15) is 10.4 Å². The fraction of sp³-hybridized carbons (Fsp3) is 0.300. The zero-order valence-corrected chi connectivity index (χ0v) is 9.53. The Balaban J connectivity index is 2.25. The molecule has 0 atom stereocenters. The van der Waals surface area contributed by atoms with Crippen LogP contribution in [0.3, 0.4) is 0 Å². The summed E-state index contributed by atoms with van der Waals surface area (Å²) < 4.78 is 0. The zero-order valence-electron chi connectivity index (χ0n) is 8.77. The molecule has 6 nitrogen and oxygen atoms in total. The van der Waals surface area contributed by atoms with E-state index >= 15 is 0 Å². The summed E-state index contributed by atoms with van der Waals surface area (Å²) in [6.45, 7) is 1.36. The van der Waals surface area contributed by atoms with E-state index < -0.39 is 10.8 Å². The van der Waals surface area contributed by atoms with Gasteiger partial charge >= 0.3 is 0 Å². The van der Waals surface area contributed by atoms with Crippen molar-refractivity contribution >= 4 is 23.2 Å². The molecule has 1 amide bonds. The standard InChI is InChI=1S/C10H10ClN3O3/c11-6-1-2-9(14(16)17)8(3-6)10(15)13-7-4-12-5-7/h1-3,7,12H,4-5H2,(H,13,15). The number of benzene rings is 1. The Bertz CT molecular complexity index is 474. The quantitative estimate of drug-likeness (QED) is 0.622. The highest BCUT2D eigenvalue weighted by Crippen LogP contribution is 2.22. The number of hydrogen-bond acceptors (Lipinski definition) is 4. The predicted octanol–water partition coefficient (Wildman–Crippen LogP) is 0.950. The first-order valence-electron chi connectivity index (χ1n) is 5.03. The van der Waals surface area contributed by atoms with E-state index in [0.29, 0.717) is 18.1 Å². The molecule has 90 valence electrons. The molecule has 0 unspecified atom stereocenters. The number of halogens is 1. The fourth-order valence-electron chi connectivity index (χ4n) is 1.50. The van der Waals surface area contributed by atoms with Gasteiger partial charge in [-0.2, -0.15) is 0 Å². The van der Waals surface area contributed by atoms with Crippen molar-refractivity contribution in [3.8, 4) is 0 Å². The Labute approximate surface area is 102 Å². The first-order valence-corrected chi connectivity index (χ1v) is 5.41. The minimum absolute atomic E-state index is 0.00519. The van der Waals surface area contributed by atoms with Crippen molar-refractivity contribution < 1.29 is 9.72 Å². The number of nitrogens with one attached hydrogen (secondary N) is 2. The van der Waals surface area contributed by atoms with Crippen molar-refractivity contribution in [1.29, 1.82) is 0 Å². The smallest absolute Gasteiger partial charge is 0.282 e.